The van der Waals surface area contributed by atoms with Gasteiger partial charge in [0.2, 0.25) is 0 Å². The molecule has 1 aliphatic rings. The predicted molar refractivity (Wildman–Crippen MR) is 75.7 cm³/mol. The summed E-state index contributed by atoms with van der Waals surface area (Å²) in [5, 5.41) is 10.5. The average Bonchev–Trinajstić information content (AvgIpc) is 2.74. The summed E-state index contributed by atoms with van der Waals surface area (Å²) in [6.45, 7) is 3.30. The van der Waals surface area contributed by atoms with E-state index in [1.807, 2.05) is 0 Å². The number of aliphatic hydroxyl groups excluding tert-OH is 1. The van der Waals surface area contributed by atoms with E-state index in [0.29, 0.717) is 10.0 Å². The van der Waals surface area contributed by atoms with E-state index in [-0.39, 0.29) is 19.0 Å². The molecule has 0 bridgehead atoms. The van der Waals surface area contributed by atoms with Gasteiger partial charge in [-0.1, -0.05) is 15.9 Å². The molecule has 1 aromatic rings. The van der Waals surface area contributed by atoms with Crippen molar-refractivity contribution >= 4 is 27.9 Å². The summed E-state index contributed by atoms with van der Waals surface area (Å²) in [5.41, 5.74) is -1.89. The largest absolute Gasteiger partial charge is 0.462 e. The van der Waals surface area contributed by atoms with E-state index in [4.69, 9.17) is 14.2 Å². The van der Waals surface area contributed by atoms with Crippen molar-refractivity contribution < 1.29 is 28.9 Å². The second kappa shape index (κ2) is 6.03. The Morgan fingerprint density at radius 2 is 1.86 bits per heavy atom. The number of aliphatic hydroxyl groups is 1. The van der Waals surface area contributed by atoms with Gasteiger partial charge < -0.3 is 19.3 Å². The fourth-order valence-corrected chi connectivity index (χ4v) is 2.52. The van der Waals surface area contributed by atoms with Gasteiger partial charge in [-0.2, -0.15) is 0 Å². The van der Waals surface area contributed by atoms with Crippen LogP contribution in [-0.4, -0.2) is 35.9 Å². The standard InChI is InChI=1S/C14H15BrO6/c1-3-19-12(17)14(13(18)20-4-2)11(16)9-7-8(15)5-6-10(9)21-14/h5-7,11,16H,3-4H2,1-2H3. The molecule has 7 heteroatoms. The zero-order valence-corrected chi connectivity index (χ0v) is 13.2. The monoisotopic (exact) mass is 358 g/mol. The smallest absolute Gasteiger partial charge is 0.365 e. The lowest BCUT2D eigenvalue weighted by Gasteiger charge is -2.26. The Morgan fingerprint density at radius 3 is 2.38 bits per heavy atom. The fourth-order valence-electron chi connectivity index (χ4n) is 2.14. The Bertz CT molecular complexity index is 553. The number of benzene rings is 1. The molecule has 0 amide bonds. The quantitative estimate of drug-likeness (QED) is 0.652. The van der Waals surface area contributed by atoms with Gasteiger partial charge in [-0.3, -0.25) is 0 Å². The first-order valence-electron chi connectivity index (χ1n) is 6.48. The minimum atomic E-state index is -2.21. The minimum absolute atomic E-state index is 0.0517. The minimum Gasteiger partial charge on any atom is -0.462 e. The van der Waals surface area contributed by atoms with Gasteiger partial charge in [-0.15, -0.1) is 0 Å². The van der Waals surface area contributed by atoms with E-state index in [9.17, 15) is 14.7 Å². The second-order valence-corrected chi connectivity index (χ2v) is 5.28. The van der Waals surface area contributed by atoms with Crippen molar-refractivity contribution in [2.45, 2.75) is 25.6 Å². The number of rotatable bonds is 4. The molecule has 6 nitrogen and oxygen atoms in total. The molecule has 0 aliphatic carbocycles. The van der Waals surface area contributed by atoms with Crippen LogP contribution in [0.2, 0.25) is 0 Å². The number of ether oxygens (including phenoxy) is 3. The molecule has 0 spiro atoms. The first-order valence-corrected chi connectivity index (χ1v) is 7.27. The molecule has 1 N–H and O–H groups in total. The van der Waals surface area contributed by atoms with Crippen LogP contribution >= 0.6 is 15.9 Å². The lowest BCUT2D eigenvalue weighted by molar-refractivity contribution is -0.187. The van der Waals surface area contributed by atoms with Gasteiger partial charge in [0.25, 0.3) is 0 Å². The molecule has 1 unspecified atom stereocenters. The SMILES string of the molecule is CCOC(=O)C1(C(=O)OCC)Oc2ccc(Br)cc2C1O. The first-order chi connectivity index (χ1) is 9.97. The van der Waals surface area contributed by atoms with E-state index in [1.165, 1.54) is 0 Å². The molecule has 0 saturated carbocycles. The van der Waals surface area contributed by atoms with Crippen molar-refractivity contribution in [3.8, 4) is 5.75 Å². The van der Waals surface area contributed by atoms with Crippen molar-refractivity contribution in [3.05, 3.63) is 28.2 Å². The van der Waals surface area contributed by atoms with Gasteiger partial charge in [0.15, 0.2) is 0 Å². The molecule has 2 rings (SSSR count). The molecule has 1 aromatic carbocycles. The van der Waals surface area contributed by atoms with Gasteiger partial charge in [-0.05, 0) is 32.0 Å². The van der Waals surface area contributed by atoms with Crippen molar-refractivity contribution in [2.24, 2.45) is 0 Å². The first kappa shape index (κ1) is 15.8. The van der Waals surface area contributed by atoms with E-state index >= 15 is 0 Å². The van der Waals surface area contributed by atoms with Crippen LogP contribution in [0.1, 0.15) is 25.5 Å². The van der Waals surface area contributed by atoms with Crippen LogP contribution in [0.25, 0.3) is 0 Å². The van der Waals surface area contributed by atoms with Crippen LogP contribution in [0.4, 0.5) is 0 Å². The highest BCUT2D eigenvalue weighted by atomic mass is 79.9. The molecular weight excluding hydrogens is 344 g/mol. The van der Waals surface area contributed by atoms with Crippen LogP contribution in [0, 0.1) is 0 Å². The Balaban J connectivity index is 2.48. The van der Waals surface area contributed by atoms with Crippen LogP contribution in [0.15, 0.2) is 22.7 Å². The summed E-state index contributed by atoms with van der Waals surface area (Å²) < 4.78 is 15.9. The maximum absolute atomic E-state index is 12.2. The summed E-state index contributed by atoms with van der Waals surface area (Å²) in [6.07, 6.45) is -1.50. The maximum atomic E-state index is 12.2. The molecule has 0 fully saturated rings. The summed E-state index contributed by atoms with van der Waals surface area (Å²) in [5.74, 6) is -1.70. The maximum Gasteiger partial charge on any atom is 0.365 e. The summed E-state index contributed by atoms with van der Waals surface area (Å²) in [7, 11) is 0. The normalized spacial score (nSPS) is 18.6. The predicted octanol–water partition coefficient (Wildman–Crippen LogP) is 1.74. The number of carbonyl (C=O) groups excluding carboxylic acids is 2. The van der Waals surface area contributed by atoms with Gasteiger partial charge >= 0.3 is 17.5 Å². The summed E-state index contributed by atoms with van der Waals surface area (Å²) in [4.78, 5) is 24.5. The third kappa shape index (κ3) is 2.51. The molecule has 1 heterocycles. The number of hydrogen-bond donors (Lipinski definition) is 1. The number of fused-ring (bicyclic) bond motifs is 1. The van der Waals surface area contributed by atoms with Gasteiger partial charge in [0.05, 0.1) is 13.2 Å². The average molecular weight is 359 g/mol. The number of carbonyl (C=O) groups is 2. The van der Waals surface area contributed by atoms with E-state index in [1.54, 1.807) is 32.0 Å². The van der Waals surface area contributed by atoms with E-state index < -0.39 is 23.6 Å². The van der Waals surface area contributed by atoms with Crippen LogP contribution in [0.3, 0.4) is 0 Å². The second-order valence-electron chi connectivity index (χ2n) is 4.36. The molecule has 1 aliphatic heterocycles. The topological polar surface area (TPSA) is 82.1 Å². The lowest BCUT2D eigenvalue weighted by atomic mass is 9.93. The molecule has 21 heavy (non-hydrogen) atoms. The lowest BCUT2D eigenvalue weighted by Crippen LogP contribution is -2.55. The van der Waals surface area contributed by atoms with E-state index in [0.717, 1.165) is 0 Å². The van der Waals surface area contributed by atoms with Crippen LogP contribution in [0.5, 0.6) is 5.75 Å². The highest BCUT2D eigenvalue weighted by Gasteiger charge is 2.62. The van der Waals surface area contributed by atoms with Crippen molar-refractivity contribution in [3.63, 3.8) is 0 Å². The van der Waals surface area contributed by atoms with Crippen LogP contribution in [-0.2, 0) is 19.1 Å². The molecular formula is C14H15BrO6. The Labute approximate surface area is 130 Å². The number of esters is 2. The Kier molecular flexibility index (Phi) is 4.53. The van der Waals surface area contributed by atoms with Crippen molar-refractivity contribution in [1.29, 1.82) is 0 Å². The van der Waals surface area contributed by atoms with Crippen LogP contribution < -0.4 is 4.74 Å². The fraction of sp³-hybridized carbons (Fsp3) is 0.429. The Hall–Kier alpha value is -1.60. The zero-order valence-electron chi connectivity index (χ0n) is 11.6. The van der Waals surface area contributed by atoms with Crippen molar-refractivity contribution in [1.82, 2.24) is 0 Å². The zero-order chi connectivity index (χ0) is 15.6. The van der Waals surface area contributed by atoms with Gasteiger partial charge in [0, 0.05) is 10.0 Å². The summed E-state index contributed by atoms with van der Waals surface area (Å²) in [6, 6.07) is 4.82. The van der Waals surface area contributed by atoms with E-state index in [2.05, 4.69) is 15.9 Å². The Morgan fingerprint density at radius 1 is 1.29 bits per heavy atom. The van der Waals surface area contributed by atoms with Gasteiger partial charge in [-0.25, -0.2) is 9.59 Å². The van der Waals surface area contributed by atoms with Crippen molar-refractivity contribution in [2.75, 3.05) is 13.2 Å². The molecule has 1 atom stereocenters. The molecule has 114 valence electrons. The van der Waals surface area contributed by atoms with Gasteiger partial charge in [0.1, 0.15) is 11.9 Å². The summed E-state index contributed by atoms with van der Waals surface area (Å²) >= 11 is 3.27. The highest BCUT2D eigenvalue weighted by Crippen LogP contribution is 2.45. The third-order valence-electron chi connectivity index (χ3n) is 3.08. The number of halogens is 1. The third-order valence-corrected chi connectivity index (χ3v) is 3.57. The highest BCUT2D eigenvalue weighted by molar-refractivity contribution is 9.10. The molecule has 0 saturated heterocycles. The molecule has 0 aromatic heterocycles. The number of hydrogen-bond acceptors (Lipinski definition) is 6. The molecule has 0 radical (unpaired) electrons.